The molecule has 0 aliphatic carbocycles. The molecular formula is C18H17N7O3S. The SMILES string of the molecule is O=C(CSCc1cc(=O)n2[nH]cnc2n1)NNC(=O)N1C=Cc2ccccc2C1. The zero-order valence-corrected chi connectivity index (χ0v) is 16.0. The number of benzene rings is 1. The van der Waals surface area contributed by atoms with Crippen LogP contribution in [0.4, 0.5) is 4.79 Å². The summed E-state index contributed by atoms with van der Waals surface area (Å²) in [7, 11) is 0. The molecular weight excluding hydrogens is 394 g/mol. The van der Waals surface area contributed by atoms with Crippen molar-refractivity contribution in [1.82, 2.24) is 35.3 Å². The first-order chi connectivity index (χ1) is 14.1. The second kappa shape index (κ2) is 8.19. The highest BCUT2D eigenvalue weighted by Gasteiger charge is 2.16. The lowest BCUT2D eigenvalue weighted by Crippen LogP contribution is -2.47. The van der Waals surface area contributed by atoms with Crippen LogP contribution in [0, 0.1) is 0 Å². The Labute approximate surface area is 169 Å². The second-order valence-electron chi connectivity index (χ2n) is 6.22. The second-order valence-corrected chi connectivity index (χ2v) is 7.21. The average Bonchev–Trinajstić information content (AvgIpc) is 3.21. The normalized spacial score (nSPS) is 12.6. The minimum atomic E-state index is -0.423. The van der Waals surface area contributed by atoms with E-state index in [2.05, 4.69) is 25.9 Å². The molecule has 0 saturated carbocycles. The van der Waals surface area contributed by atoms with Crippen molar-refractivity contribution in [3.05, 3.63) is 70.0 Å². The van der Waals surface area contributed by atoms with Crippen molar-refractivity contribution < 1.29 is 9.59 Å². The zero-order valence-electron chi connectivity index (χ0n) is 15.2. The molecule has 0 unspecified atom stereocenters. The summed E-state index contributed by atoms with van der Waals surface area (Å²) in [6.45, 7) is 0.431. The van der Waals surface area contributed by atoms with E-state index in [0.717, 1.165) is 11.1 Å². The van der Waals surface area contributed by atoms with Gasteiger partial charge in [0, 0.05) is 18.0 Å². The van der Waals surface area contributed by atoms with Crippen LogP contribution >= 0.6 is 11.8 Å². The number of hydrogen-bond donors (Lipinski definition) is 3. The Morgan fingerprint density at radius 2 is 2.10 bits per heavy atom. The van der Waals surface area contributed by atoms with E-state index in [-0.39, 0.29) is 23.0 Å². The molecule has 0 atom stereocenters. The summed E-state index contributed by atoms with van der Waals surface area (Å²) >= 11 is 1.27. The van der Waals surface area contributed by atoms with Gasteiger partial charge in [0.15, 0.2) is 0 Å². The van der Waals surface area contributed by atoms with Crippen molar-refractivity contribution in [3.8, 4) is 0 Å². The number of hydrazine groups is 1. The number of carbonyl (C=O) groups is 2. The van der Waals surface area contributed by atoms with Gasteiger partial charge in [-0.15, -0.1) is 11.8 Å². The molecule has 0 radical (unpaired) electrons. The molecule has 0 fully saturated rings. The van der Waals surface area contributed by atoms with Crippen LogP contribution in [0.1, 0.15) is 16.8 Å². The molecule has 3 heterocycles. The van der Waals surface area contributed by atoms with Gasteiger partial charge in [-0.1, -0.05) is 24.3 Å². The van der Waals surface area contributed by atoms with Crippen LogP contribution in [0.15, 0.2) is 47.7 Å². The van der Waals surface area contributed by atoms with E-state index in [4.69, 9.17) is 0 Å². The van der Waals surface area contributed by atoms with Crippen molar-refractivity contribution in [1.29, 1.82) is 0 Å². The Bertz CT molecular complexity index is 1150. The molecule has 2 aromatic heterocycles. The summed E-state index contributed by atoms with van der Waals surface area (Å²) in [5.41, 5.74) is 7.15. The summed E-state index contributed by atoms with van der Waals surface area (Å²) in [4.78, 5) is 45.7. The van der Waals surface area contributed by atoms with E-state index in [0.29, 0.717) is 18.0 Å². The smallest absolute Gasteiger partial charge is 0.295 e. The van der Waals surface area contributed by atoms with Crippen molar-refractivity contribution in [2.45, 2.75) is 12.3 Å². The molecule has 0 saturated heterocycles. The number of thioether (sulfide) groups is 1. The lowest BCUT2D eigenvalue weighted by atomic mass is 10.0. The number of carbonyl (C=O) groups excluding carboxylic acids is 2. The number of hydrogen-bond acceptors (Lipinski definition) is 6. The van der Waals surface area contributed by atoms with Gasteiger partial charge in [-0.3, -0.25) is 25.0 Å². The van der Waals surface area contributed by atoms with Gasteiger partial charge >= 0.3 is 6.03 Å². The highest BCUT2D eigenvalue weighted by atomic mass is 32.2. The summed E-state index contributed by atoms with van der Waals surface area (Å²) in [5.74, 6) is 0.384. The number of nitrogens with zero attached hydrogens (tertiary/aromatic N) is 4. The zero-order chi connectivity index (χ0) is 20.2. The average molecular weight is 411 g/mol. The molecule has 0 bridgehead atoms. The highest BCUT2D eigenvalue weighted by Crippen LogP contribution is 2.18. The van der Waals surface area contributed by atoms with Crippen LogP contribution in [-0.4, -0.2) is 42.2 Å². The van der Waals surface area contributed by atoms with Crippen LogP contribution < -0.4 is 16.4 Å². The summed E-state index contributed by atoms with van der Waals surface area (Å²) in [5, 5.41) is 2.66. The molecule has 1 aliphatic rings. The quantitative estimate of drug-likeness (QED) is 0.548. The third-order valence-electron chi connectivity index (χ3n) is 4.20. The van der Waals surface area contributed by atoms with E-state index in [1.165, 1.54) is 33.6 Å². The fourth-order valence-corrected chi connectivity index (χ4v) is 3.53. The standard InChI is InChI=1S/C18H17N7O3S/c26-15(10-29-9-14-7-16(27)25-17(21-14)19-11-20-25)22-23-18(28)24-6-5-12-3-1-2-4-13(12)8-24/h1-7,11H,8-10H2,(H,22,26)(H,23,28)(H,19,20,21). The molecule has 0 spiro atoms. The monoisotopic (exact) mass is 411 g/mol. The van der Waals surface area contributed by atoms with E-state index in [1.54, 1.807) is 6.20 Å². The van der Waals surface area contributed by atoms with Gasteiger partial charge in [0.25, 0.3) is 11.3 Å². The van der Waals surface area contributed by atoms with Crippen LogP contribution in [0.3, 0.4) is 0 Å². The predicted molar refractivity (Wildman–Crippen MR) is 107 cm³/mol. The molecule has 3 amide bonds. The summed E-state index contributed by atoms with van der Waals surface area (Å²) < 4.78 is 1.23. The maximum absolute atomic E-state index is 12.2. The molecule has 1 aliphatic heterocycles. The summed E-state index contributed by atoms with van der Waals surface area (Å²) in [6, 6.07) is 8.75. The Hall–Kier alpha value is -3.60. The van der Waals surface area contributed by atoms with Crippen LogP contribution in [-0.2, 0) is 17.1 Å². The Morgan fingerprint density at radius 3 is 3.00 bits per heavy atom. The molecule has 148 valence electrons. The van der Waals surface area contributed by atoms with Gasteiger partial charge in [0.05, 0.1) is 18.0 Å². The number of aromatic amines is 1. The van der Waals surface area contributed by atoms with E-state index >= 15 is 0 Å². The maximum Gasteiger partial charge on any atom is 0.340 e. The van der Waals surface area contributed by atoms with Gasteiger partial charge in [0.2, 0.25) is 5.91 Å². The fourth-order valence-electron chi connectivity index (χ4n) is 2.81. The van der Waals surface area contributed by atoms with Gasteiger partial charge in [-0.05, 0) is 17.2 Å². The van der Waals surface area contributed by atoms with Crippen molar-refractivity contribution >= 4 is 35.6 Å². The number of urea groups is 1. The molecule has 11 heteroatoms. The molecule has 10 nitrogen and oxygen atoms in total. The van der Waals surface area contributed by atoms with Gasteiger partial charge in [0.1, 0.15) is 6.33 Å². The van der Waals surface area contributed by atoms with E-state index in [1.807, 2.05) is 30.3 Å². The fraction of sp³-hybridized carbons (Fsp3) is 0.167. The first kappa shape index (κ1) is 18.7. The topological polar surface area (TPSA) is 124 Å². The summed E-state index contributed by atoms with van der Waals surface area (Å²) in [6.07, 6.45) is 4.91. The Kier molecular flexibility index (Phi) is 5.29. The predicted octanol–water partition coefficient (Wildman–Crippen LogP) is 0.878. The minimum Gasteiger partial charge on any atom is -0.295 e. The van der Waals surface area contributed by atoms with Gasteiger partial charge in [-0.2, -0.15) is 4.52 Å². The van der Waals surface area contributed by atoms with E-state index in [9.17, 15) is 14.4 Å². The molecule has 4 rings (SSSR count). The molecule has 1 aromatic carbocycles. The largest absolute Gasteiger partial charge is 0.340 e. The number of H-pyrrole nitrogens is 1. The lowest BCUT2D eigenvalue weighted by Gasteiger charge is -2.23. The number of amides is 3. The van der Waals surface area contributed by atoms with E-state index < -0.39 is 6.03 Å². The van der Waals surface area contributed by atoms with Gasteiger partial charge < -0.3 is 0 Å². The van der Waals surface area contributed by atoms with Crippen molar-refractivity contribution in [2.75, 3.05) is 5.75 Å². The highest BCUT2D eigenvalue weighted by molar-refractivity contribution is 7.99. The number of aromatic nitrogens is 4. The van der Waals surface area contributed by atoms with Gasteiger partial charge in [-0.25, -0.2) is 20.2 Å². The maximum atomic E-state index is 12.2. The molecule has 29 heavy (non-hydrogen) atoms. The minimum absolute atomic E-state index is 0.0978. The lowest BCUT2D eigenvalue weighted by molar-refractivity contribution is -0.119. The number of rotatable bonds is 4. The van der Waals surface area contributed by atoms with Crippen molar-refractivity contribution in [2.24, 2.45) is 0 Å². The molecule has 3 N–H and O–H groups in total. The Morgan fingerprint density at radius 1 is 1.24 bits per heavy atom. The number of fused-ring (bicyclic) bond motifs is 2. The number of nitrogens with one attached hydrogen (secondary N) is 3. The third-order valence-corrected chi connectivity index (χ3v) is 5.17. The first-order valence-corrected chi connectivity index (χ1v) is 9.87. The van der Waals surface area contributed by atoms with Crippen LogP contribution in [0.2, 0.25) is 0 Å². The van der Waals surface area contributed by atoms with Crippen LogP contribution in [0.25, 0.3) is 11.9 Å². The third kappa shape index (κ3) is 4.29. The first-order valence-electron chi connectivity index (χ1n) is 8.71. The van der Waals surface area contributed by atoms with Crippen LogP contribution in [0.5, 0.6) is 0 Å². The molecule has 3 aromatic rings. The Balaban J connectivity index is 1.23. The van der Waals surface area contributed by atoms with Crippen molar-refractivity contribution in [3.63, 3.8) is 0 Å².